The predicted molar refractivity (Wildman–Crippen MR) is 96.5 cm³/mol. The SMILES string of the molecule is CC(C)Oc1ccc(NC(=O)c2ccc(-n3ccnc3)nc2)cc1Cl. The fourth-order valence-electron chi connectivity index (χ4n) is 2.20. The second-order valence-electron chi connectivity index (χ2n) is 5.64. The third kappa shape index (κ3) is 4.16. The van der Waals surface area contributed by atoms with Crippen LogP contribution in [0.25, 0.3) is 5.82 Å². The Bertz CT molecular complexity index is 861. The molecule has 1 N–H and O–H groups in total. The van der Waals surface area contributed by atoms with Crippen LogP contribution in [0.5, 0.6) is 5.75 Å². The molecule has 3 aromatic rings. The number of nitrogens with zero attached hydrogens (tertiary/aromatic N) is 3. The highest BCUT2D eigenvalue weighted by molar-refractivity contribution is 6.32. The summed E-state index contributed by atoms with van der Waals surface area (Å²) in [6.45, 7) is 3.85. The number of benzene rings is 1. The number of carbonyl (C=O) groups is 1. The van der Waals surface area contributed by atoms with Crippen LogP contribution in [0.4, 0.5) is 5.69 Å². The van der Waals surface area contributed by atoms with Crippen molar-refractivity contribution in [3.8, 4) is 11.6 Å². The van der Waals surface area contributed by atoms with Crippen LogP contribution in [0.15, 0.2) is 55.2 Å². The number of pyridine rings is 1. The van der Waals surface area contributed by atoms with Crippen LogP contribution >= 0.6 is 11.6 Å². The molecule has 0 atom stereocenters. The number of nitrogens with one attached hydrogen (secondary N) is 1. The van der Waals surface area contributed by atoms with Gasteiger partial charge in [-0.2, -0.15) is 0 Å². The van der Waals surface area contributed by atoms with Crippen LogP contribution < -0.4 is 10.1 Å². The first kappa shape index (κ1) is 17.0. The van der Waals surface area contributed by atoms with Gasteiger partial charge in [-0.05, 0) is 44.2 Å². The zero-order valence-electron chi connectivity index (χ0n) is 13.8. The molecule has 0 aliphatic rings. The molecule has 128 valence electrons. The minimum absolute atomic E-state index is 0.0260. The van der Waals surface area contributed by atoms with Crippen LogP contribution in [-0.2, 0) is 0 Å². The molecule has 0 saturated carbocycles. The maximum absolute atomic E-state index is 12.3. The Labute approximate surface area is 150 Å². The van der Waals surface area contributed by atoms with Gasteiger partial charge in [0.1, 0.15) is 17.9 Å². The highest BCUT2D eigenvalue weighted by Gasteiger charge is 2.10. The number of imidazole rings is 1. The molecule has 1 aromatic carbocycles. The highest BCUT2D eigenvalue weighted by Crippen LogP contribution is 2.28. The number of hydrogen-bond acceptors (Lipinski definition) is 4. The van der Waals surface area contributed by atoms with Crippen molar-refractivity contribution < 1.29 is 9.53 Å². The van der Waals surface area contributed by atoms with Crippen molar-refractivity contribution in [2.45, 2.75) is 20.0 Å². The predicted octanol–water partition coefficient (Wildman–Crippen LogP) is 3.96. The molecule has 0 radical (unpaired) electrons. The fraction of sp³-hybridized carbons (Fsp3) is 0.167. The van der Waals surface area contributed by atoms with Gasteiger partial charge < -0.3 is 10.1 Å². The minimum atomic E-state index is -0.265. The first-order chi connectivity index (χ1) is 12.0. The second kappa shape index (κ2) is 7.36. The number of carbonyl (C=O) groups excluding carboxylic acids is 1. The first-order valence-electron chi connectivity index (χ1n) is 7.75. The summed E-state index contributed by atoms with van der Waals surface area (Å²) in [4.78, 5) is 20.6. The van der Waals surface area contributed by atoms with Crippen molar-refractivity contribution in [3.63, 3.8) is 0 Å². The topological polar surface area (TPSA) is 69.0 Å². The quantitative estimate of drug-likeness (QED) is 0.751. The molecule has 0 aliphatic carbocycles. The Morgan fingerprint density at radius 2 is 2.12 bits per heavy atom. The number of amides is 1. The summed E-state index contributed by atoms with van der Waals surface area (Å²) in [5.41, 5.74) is 1.03. The van der Waals surface area contributed by atoms with Gasteiger partial charge in [0.25, 0.3) is 5.91 Å². The van der Waals surface area contributed by atoms with Gasteiger partial charge in [-0.1, -0.05) is 11.6 Å². The summed E-state index contributed by atoms with van der Waals surface area (Å²) in [6, 6.07) is 8.59. The van der Waals surface area contributed by atoms with E-state index in [1.807, 2.05) is 13.8 Å². The Balaban J connectivity index is 1.70. The molecule has 25 heavy (non-hydrogen) atoms. The zero-order chi connectivity index (χ0) is 17.8. The molecule has 0 aliphatic heterocycles. The van der Waals surface area contributed by atoms with Gasteiger partial charge in [0.05, 0.1) is 16.7 Å². The molecular weight excluding hydrogens is 340 g/mol. The van der Waals surface area contributed by atoms with Crippen molar-refractivity contribution in [3.05, 3.63) is 65.8 Å². The first-order valence-corrected chi connectivity index (χ1v) is 8.12. The fourth-order valence-corrected chi connectivity index (χ4v) is 2.42. The zero-order valence-corrected chi connectivity index (χ0v) is 14.6. The molecule has 2 heterocycles. The van der Waals surface area contributed by atoms with E-state index in [-0.39, 0.29) is 12.0 Å². The standard InChI is InChI=1S/C18H17ClN4O2/c1-12(2)25-16-5-4-14(9-15(16)19)22-18(24)13-3-6-17(21-10-13)23-8-7-20-11-23/h3-12H,1-2H3,(H,22,24). The average Bonchev–Trinajstić information content (AvgIpc) is 3.12. The van der Waals surface area contributed by atoms with E-state index >= 15 is 0 Å². The molecule has 1 amide bonds. The number of hydrogen-bond donors (Lipinski definition) is 1. The summed E-state index contributed by atoms with van der Waals surface area (Å²) < 4.78 is 7.33. The van der Waals surface area contributed by atoms with Crippen molar-refractivity contribution in [1.82, 2.24) is 14.5 Å². The van der Waals surface area contributed by atoms with E-state index in [1.54, 1.807) is 53.6 Å². The minimum Gasteiger partial charge on any atom is -0.489 e. The van der Waals surface area contributed by atoms with Gasteiger partial charge in [-0.3, -0.25) is 9.36 Å². The van der Waals surface area contributed by atoms with Gasteiger partial charge in [0.2, 0.25) is 0 Å². The molecule has 0 fully saturated rings. The van der Waals surface area contributed by atoms with Crippen LogP contribution in [0.3, 0.4) is 0 Å². The number of aromatic nitrogens is 3. The number of halogens is 1. The lowest BCUT2D eigenvalue weighted by Gasteiger charge is -2.12. The van der Waals surface area contributed by atoms with E-state index < -0.39 is 0 Å². The molecule has 0 spiro atoms. The van der Waals surface area contributed by atoms with Crippen LogP contribution in [0, 0.1) is 0 Å². The number of anilines is 1. The third-order valence-corrected chi connectivity index (χ3v) is 3.63. The van der Waals surface area contributed by atoms with Crippen LogP contribution in [0.1, 0.15) is 24.2 Å². The maximum atomic E-state index is 12.3. The van der Waals surface area contributed by atoms with Crippen LogP contribution in [-0.4, -0.2) is 26.5 Å². The Morgan fingerprint density at radius 3 is 2.72 bits per heavy atom. The number of ether oxygens (including phenoxy) is 1. The largest absolute Gasteiger partial charge is 0.489 e. The van der Waals surface area contributed by atoms with E-state index in [9.17, 15) is 4.79 Å². The normalized spacial score (nSPS) is 10.7. The van der Waals surface area contributed by atoms with E-state index in [0.717, 1.165) is 0 Å². The van der Waals surface area contributed by atoms with E-state index in [0.29, 0.717) is 27.8 Å². The maximum Gasteiger partial charge on any atom is 0.257 e. The van der Waals surface area contributed by atoms with Crippen molar-refractivity contribution in [2.75, 3.05) is 5.32 Å². The lowest BCUT2D eigenvalue weighted by atomic mass is 10.2. The summed E-state index contributed by atoms with van der Waals surface area (Å²) in [6.07, 6.45) is 6.63. The lowest BCUT2D eigenvalue weighted by Crippen LogP contribution is -2.13. The van der Waals surface area contributed by atoms with Gasteiger partial charge in [-0.25, -0.2) is 9.97 Å². The molecule has 2 aromatic heterocycles. The van der Waals surface area contributed by atoms with E-state index in [1.165, 1.54) is 6.20 Å². The van der Waals surface area contributed by atoms with E-state index in [4.69, 9.17) is 16.3 Å². The Morgan fingerprint density at radius 1 is 1.28 bits per heavy atom. The molecule has 0 bridgehead atoms. The number of rotatable bonds is 5. The Kier molecular flexibility index (Phi) is 5.00. The van der Waals surface area contributed by atoms with Crippen molar-refractivity contribution in [2.24, 2.45) is 0 Å². The summed E-state index contributed by atoms with van der Waals surface area (Å²) >= 11 is 6.18. The molecular formula is C18H17ClN4O2. The van der Waals surface area contributed by atoms with Crippen molar-refractivity contribution >= 4 is 23.2 Å². The highest BCUT2D eigenvalue weighted by atomic mass is 35.5. The molecule has 0 saturated heterocycles. The van der Waals surface area contributed by atoms with Gasteiger partial charge >= 0.3 is 0 Å². The molecule has 6 nitrogen and oxygen atoms in total. The van der Waals surface area contributed by atoms with Gasteiger partial charge in [0, 0.05) is 24.3 Å². The van der Waals surface area contributed by atoms with Crippen LogP contribution in [0.2, 0.25) is 5.02 Å². The summed E-state index contributed by atoms with van der Waals surface area (Å²) in [7, 11) is 0. The third-order valence-electron chi connectivity index (χ3n) is 3.33. The molecule has 0 unspecified atom stereocenters. The monoisotopic (exact) mass is 356 g/mol. The summed E-state index contributed by atoms with van der Waals surface area (Å²) in [5, 5.41) is 3.24. The van der Waals surface area contributed by atoms with E-state index in [2.05, 4.69) is 15.3 Å². The second-order valence-corrected chi connectivity index (χ2v) is 6.05. The lowest BCUT2D eigenvalue weighted by molar-refractivity contribution is 0.102. The average molecular weight is 357 g/mol. The summed E-state index contributed by atoms with van der Waals surface area (Å²) in [5.74, 6) is 1.01. The smallest absolute Gasteiger partial charge is 0.257 e. The molecule has 3 rings (SSSR count). The Hall–Kier alpha value is -2.86. The van der Waals surface area contributed by atoms with Gasteiger partial charge in [0.15, 0.2) is 0 Å². The van der Waals surface area contributed by atoms with Crippen molar-refractivity contribution in [1.29, 1.82) is 0 Å². The van der Waals surface area contributed by atoms with Gasteiger partial charge in [-0.15, -0.1) is 0 Å². The molecule has 7 heteroatoms.